The van der Waals surface area contributed by atoms with Crippen molar-refractivity contribution in [3.8, 4) is 10.4 Å². The second kappa shape index (κ2) is 11.7. The normalized spacial score (nSPS) is 12.8. The number of aliphatic hydroxyl groups is 2. The van der Waals surface area contributed by atoms with Gasteiger partial charge in [-0.1, -0.05) is 0 Å². The van der Waals surface area contributed by atoms with Gasteiger partial charge in [0, 0.05) is 27.7 Å². The van der Waals surface area contributed by atoms with Crippen molar-refractivity contribution in [1.82, 2.24) is 9.97 Å². The van der Waals surface area contributed by atoms with Gasteiger partial charge in [0.1, 0.15) is 5.82 Å². The molecule has 0 radical (unpaired) electrons. The number of ether oxygens (including phenoxy) is 1. The molecule has 2 heterocycles. The van der Waals surface area contributed by atoms with Crippen LogP contribution in [-0.2, 0) is 21.9 Å². The van der Waals surface area contributed by atoms with Crippen molar-refractivity contribution in [1.29, 1.82) is 0 Å². The van der Waals surface area contributed by atoms with Crippen LogP contribution >= 0.6 is 11.3 Å². The lowest BCUT2D eigenvalue weighted by molar-refractivity contribution is 0.164. The Hall–Kier alpha value is -3.06. The van der Waals surface area contributed by atoms with E-state index in [1.165, 1.54) is 11.3 Å². The first-order valence-corrected chi connectivity index (χ1v) is 12.2. The number of thiol groups is 1. The van der Waals surface area contributed by atoms with E-state index in [-0.39, 0.29) is 25.9 Å². The van der Waals surface area contributed by atoms with Gasteiger partial charge in [0.2, 0.25) is 5.95 Å². The average molecular weight is 492 g/mol. The number of benzene rings is 1. The molecule has 33 heavy (non-hydrogen) atoms. The summed E-state index contributed by atoms with van der Waals surface area (Å²) in [7, 11) is -2.25. The molecule has 1 unspecified atom stereocenters. The highest BCUT2D eigenvalue weighted by molar-refractivity contribution is 7.75. The lowest BCUT2D eigenvalue weighted by Gasteiger charge is -2.16. The van der Waals surface area contributed by atoms with Crippen LogP contribution in [0.3, 0.4) is 0 Å². The predicted octanol–water partition coefficient (Wildman–Crippen LogP) is 3.41. The van der Waals surface area contributed by atoms with Gasteiger partial charge >= 0.3 is 6.09 Å². The van der Waals surface area contributed by atoms with E-state index in [9.17, 15) is 19.2 Å². The fourth-order valence-electron chi connectivity index (χ4n) is 2.70. The van der Waals surface area contributed by atoms with E-state index < -0.39 is 16.7 Å². The SMILES string of the molecule is CCOC(=O)N=[SH](=O)c1ccc(Nc2ncc(-c3cc(CO)cs3)c(N[C@H](C)CO)n2)cc1. The number of amides is 1. The van der Waals surface area contributed by atoms with E-state index in [0.717, 1.165) is 16.0 Å². The zero-order valence-corrected chi connectivity index (χ0v) is 19.8. The second-order valence-electron chi connectivity index (χ2n) is 6.90. The number of hydrogen-bond acceptors (Lipinski definition) is 10. The third-order valence-corrected chi connectivity index (χ3v) is 6.43. The molecular formula is C21H25N5O5S2. The van der Waals surface area contributed by atoms with Crippen molar-refractivity contribution in [2.75, 3.05) is 23.8 Å². The van der Waals surface area contributed by atoms with Gasteiger partial charge in [0.25, 0.3) is 0 Å². The van der Waals surface area contributed by atoms with Crippen molar-refractivity contribution in [3.05, 3.63) is 47.5 Å². The first-order valence-electron chi connectivity index (χ1n) is 10.1. The standard InChI is InChI=1S/C21H25N5O5S2/c1-3-31-21(29)26-33(30)16-6-4-15(5-7-16)24-20-22-9-17(18-8-14(11-28)12-32-18)19(25-20)23-13(2)10-27/h4-9,12-13,27-28,33H,3,10-11H2,1-2H3,(H2,22,23,24,25)/t13-/m1/s1. The fraction of sp³-hybridized carbons (Fsp3) is 0.286. The third-order valence-electron chi connectivity index (χ3n) is 4.33. The number of nitrogens with one attached hydrogen (secondary N) is 2. The maximum absolute atomic E-state index is 12.2. The number of aliphatic hydroxyl groups excluding tert-OH is 2. The highest BCUT2D eigenvalue weighted by atomic mass is 32.2. The van der Waals surface area contributed by atoms with Gasteiger partial charge in [0.05, 0.1) is 36.0 Å². The van der Waals surface area contributed by atoms with E-state index in [0.29, 0.717) is 22.3 Å². The number of anilines is 3. The van der Waals surface area contributed by atoms with Crippen LogP contribution in [0.5, 0.6) is 0 Å². The largest absolute Gasteiger partial charge is 0.448 e. The van der Waals surface area contributed by atoms with Gasteiger partial charge in [-0.25, -0.2) is 14.0 Å². The monoisotopic (exact) mass is 491 g/mol. The third kappa shape index (κ3) is 6.71. The summed E-state index contributed by atoms with van der Waals surface area (Å²) in [4.78, 5) is 21.6. The van der Waals surface area contributed by atoms with Crippen LogP contribution < -0.4 is 10.6 Å². The molecule has 1 aromatic carbocycles. The van der Waals surface area contributed by atoms with Crippen LogP contribution in [0.1, 0.15) is 19.4 Å². The lowest BCUT2D eigenvalue weighted by atomic mass is 10.2. The van der Waals surface area contributed by atoms with Crippen molar-refractivity contribution in [2.24, 2.45) is 4.36 Å². The molecule has 1 amide bonds. The fourth-order valence-corrected chi connectivity index (χ4v) is 4.34. The van der Waals surface area contributed by atoms with Gasteiger partial charge in [-0.2, -0.15) is 4.98 Å². The van der Waals surface area contributed by atoms with Crippen LogP contribution in [0.4, 0.5) is 22.2 Å². The molecule has 3 aromatic rings. The van der Waals surface area contributed by atoms with E-state index in [1.54, 1.807) is 37.4 Å². The number of nitrogens with zero attached hydrogens (tertiary/aromatic N) is 3. The minimum absolute atomic E-state index is 0.0542. The Morgan fingerprint density at radius 1 is 1.30 bits per heavy atom. The van der Waals surface area contributed by atoms with E-state index >= 15 is 0 Å². The number of rotatable bonds is 9. The minimum atomic E-state index is -2.25. The van der Waals surface area contributed by atoms with Crippen molar-refractivity contribution >= 4 is 45.5 Å². The van der Waals surface area contributed by atoms with Crippen molar-refractivity contribution in [3.63, 3.8) is 0 Å². The summed E-state index contributed by atoms with van der Waals surface area (Å²) in [6.07, 6.45) is 0.807. The summed E-state index contributed by atoms with van der Waals surface area (Å²) in [6, 6.07) is 8.17. The molecule has 176 valence electrons. The molecule has 0 aliphatic heterocycles. The smallest absolute Gasteiger partial charge is 0.441 e. The van der Waals surface area contributed by atoms with Gasteiger partial charge in [-0.05, 0) is 55.1 Å². The first kappa shape index (κ1) is 24.6. The highest BCUT2D eigenvalue weighted by Gasteiger charge is 2.14. The van der Waals surface area contributed by atoms with Gasteiger partial charge < -0.3 is 25.6 Å². The summed E-state index contributed by atoms with van der Waals surface area (Å²) in [5, 5.41) is 26.9. The molecule has 3 rings (SSSR count). The number of aromatic nitrogens is 2. The topological polar surface area (TPSA) is 146 Å². The Morgan fingerprint density at radius 3 is 2.70 bits per heavy atom. The molecular weight excluding hydrogens is 466 g/mol. The van der Waals surface area contributed by atoms with E-state index in [2.05, 4.69) is 29.7 Å². The van der Waals surface area contributed by atoms with E-state index in [1.807, 2.05) is 18.4 Å². The molecule has 10 nitrogen and oxygen atoms in total. The molecule has 12 heteroatoms. The van der Waals surface area contributed by atoms with Gasteiger partial charge in [0.15, 0.2) is 0 Å². The quantitative estimate of drug-likeness (QED) is 0.284. The Bertz CT molecular complexity index is 1180. The summed E-state index contributed by atoms with van der Waals surface area (Å²) >= 11 is 1.46. The molecule has 0 aliphatic rings. The Kier molecular flexibility index (Phi) is 8.72. The Morgan fingerprint density at radius 2 is 2.06 bits per heavy atom. The molecule has 2 aromatic heterocycles. The molecule has 0 fully saturated rings. The maximum atomic E-state index is 12.2. The van der Waals surface area contributed by atoms with Crippen LogP contribution in [-0.4, -0.2) is 49.7 Å². The molecule has 0 saturated heterocycles. The summed E-state index contributed by atoms with van der Waals surface area (Å²) in [6.45, 7) is 3.51. The Balaban J connectivity index is 1.82. The number of carbonyl (C=O) groups excluding carboxylic acids is 1. The molecule has 0 bridgehead atoms. The van der Waals surface area contributed by atoms with Crippen LogP contribution in [0, 0.1) is 0 Å². The second-order valence-corrected chi connectivity index (χ2v) is 9.08. The lowest BCUT2D eigenvalue weighted by Crippen LogP contribution is -2.21. The predicted molar refractivity (Wildman–Crippen MR) is 128 cm³/mol. The van der Waals surface area contributed by atoms with Gasteiger partial charge in [-0.15, -0.1) is 15.7 Å². The molecule has 2 atom stereocenters. The summed E-state index contributed by atoms with van der Waals surface area (Å²) in [5.74, 6) is 0.854. The number of carbonyl (C=O) groups is 1. The first-order chi connectivity index (χ1) is 15.9. The minimum Gasteiger partial charge on any atom is -0.448 e. The molecule has 4 N–H and O–H groups in total. The maximum Gasteiger partial charge on any atom is 0.441 e. The van der Waals surface area contributed by atoms with Gasteiger partial charge in [-0.3, -0.25) is 0 Å². The van der Waals surface area contributed by atoms with Crippen molar-refractivity contribution in [2.45, 2.75) is 31.4 Å². The molecule has 0 aliphatic carbocycles. The Labute approximate surface area is 196 Å². The number of thiophene rings is 1. The zero-order valence-electron chi connectivity index (χ0n) is 18.1. The summed E-state index contributed by atoms with van der Waals surface area (Å²) in [5.41, 5.74) is 2.19. The molecule has 0 saturated carbocycles. The zero-order chi connectivity index (χ0) is 23.8. The van der Waals surface area contributed by atoms with Crippen LogP contribution in [0.15, 0.2) is 51.2 Å². The summed E-state index contributed by atoms with van der Waals surface area (Å²) < 4.78 is 20.3. The van der Waals surface area contributed by atoms with Crippen LogP contribution in [0.2, 0.25) is 0 Å². The average Bonchev–Trinajstić information content (AvgIpc) is 3.29. The van der Waals surface area contributed by atoms with Crippen molar-refractivity contribution < 1.29 is 24.0 Å². The van der Waals surface area contributed by atoms with E-state index in [4.69, 9.17) is 0 Å². The highest BCUT2D eigenvalue weighted by Crippen LogP contribution is 2.33. The van der Waals surface area contributed by atoms with Crippen LogP contribution in [0.25, 0.3) is 10.4 Å². The number of hydrogen-bond donors (Lipinski definition) is 5. The molecule has 0 spiro atoms.